The molecule has 1 aromatic carbocycles. The average Bonchev–Trinajstić information content (AvgIpc) is 3.01. The normalized spacial score (nSPS) is 18.9. The lowest BCUT2D eigenvalue weighted by Gasteiger charge is -2.38. The molecule has 0 saturated carbocycles. The summed E-state index contributed by atoms with van der Waals surface area (Å²) in [6, 6.07) is 10.3. The third-order valence-corrected chi connectivity index (χ3v) is 4.56. The van der Waals surface area contributed by atoms with E-state index < -0.39 is 0 Å². The molecular formula is C18H21FN2O. The lowest BCUT2D eigenvalue weighted by atomic mass is 9.97. The Labute approximate surface area is 130 Å². The molecular weight excluding hydrogens is 279 g/mol. The zero-order valence-electron chi connectivity index (χ0n) is 13.0. The molecule has 4 heteroatoms. The summed E-state index contributed by atoms with van der Waals surface area (Å²) < 4.78 is 16.5. The molecule has 0 fully saturated rings. The number of halogens is 1. The molecule has 0 N–H and O–H groups in total. The topological polar surface area (TPSA) is 25.2 Å². The van der Waals surface area contributed by atoms with Crippen molar-refractivity contribution in [2.75, 3.05) is 6.54 Å². The number of carbonyl (C=O) groups excluding carboxylic acids is 1. The van der Waals surface area contributed by atoms with Gasteiger partial charge in [-0.05, 0) is 24.6 Å². The number of fused-ring (bicyclic) bond motifs is 1. The fraction of sp³-hybridized carbons (Fsp3) is 0.389. The minimum Gasteiger partial charge on any atom is -0.348 e. The van der Waals surface area contributed by atoms with Gasteiger partial charge in [0.25, 0.3) is 0 Å². The van der Waals surface area contributed by atoms with Crippen molar-refractivity contribution < 1.29 is 9.18 Å². The molecule has 1 amide bonds. The third-order valence-electron chi connectivity index (χ3n) is 4.56. The first-order valence-corrected chi connectivity index (χ1v) is 7.83. The molecule has 2 heterocycles. The second-order valence-corrected chi connectivity index (χ2v) is 5.89. The Bertz CT molecular complexity index is 679. The van der Waals surface area contributed by atoms with Crippen molar-refractivity contribution in [1.29, 1.82) is 0 Å². The number of nitrogens with zero attached hydrogens (tertiary/aromatic N) is 2. The maximum atomic E-state index is 14.3. The molecule has 116 valence electrons. The molecule has 0 radical (unpaired) electrons. The lowest BCUT2D eigenvalue weighted by Crippen LogP contribution is -2.44. The lowest BCUT2D eigenvalue weighted by molar-refractivity contribution is -0.137. The summed E-state index contributed by atoms with van der Waals surface area (Å²) in [5.41, 5.74) is 1.55. The molecule has 1 aliphatic rings. The van der Waals surface area contributed by atoms with Crippen LogP contribution in [0.15, 0.2) is 42.6 Å². The van der Waals surface area contributed by atoms with E-state index in [2.05, 4.69) is 4.57 Å². The predicted molar refractivity (Wildman–Crippen MR) is 83.8 cm³/mol. The second-order valence-electron chi connectivity index (χ2n) is 5.89. The molecule has 0 unspecified atom stereocenters. The number of aromatic nitrogens is 1. The van der Waals surface area contributed by atoms with Crippen LogP contribution in [0.4, 0.5) is 4.39 Å². The van der Waals surface area contributed by atoms with Gasteiger partial charge in [-0.25, -0.2) is 4.39 Å². The van der Waals surface area contributed by atoms with E-state index in [9.17, 15) is 9.18 Å². The molecule has 1 aliphatic heterocycles. The summed E-state index contributed by atoms with van der Waals surface area (Å²) in [5, 5.41) is 0. The van der Waals surface area contributed by atoms with Gasteiger partial charge in [-0.15, -0.1) is 0 Å². The summed E-state index contributed by atoms with van der Waals surface area (Å²) >= 11 is 0. The molecule has 0 aliphatic carbocycles. The first-order chi connectivity index (χ1) is 10.6. The Morgan fingerprint density at radius 3 is 2.77 bits per heavy atom. The van der Waals surface area contributed by atoms with Crippen molar-refractivity contribution in [1.82, 2.24) is 9.47 Å². The van der Waals surface area contributed by atoms with Crippen LogP contribution in [-0.2, 0) is 11.3 Å². The summed E-state index contributed by atoms with van der Waals surface area (Å²) in [5.74, 6) is -0.205. The van der Waals surface area contributed by atoms with Crippen LogP contribution in [0.5, 0.6) is 0 Å². The van der Waals surface area contributed by atoms with E-state index in [4.69, 9.17) is 0 Å². The van der Waals surface area contributed by atoms with Crippen LogP contribution in [0.3, 0.4) is 0 Å². The fourth-order valence-corrected chi connectivity index (χ4v) is 3.10. The van der Waals surface area contributed by atoms with Crippen LogP contribution in [0.2, 0.25) is 0 Å². The molecule has 1 aromatic heterocycles. The Kier molecular flexibility index (Phi) is 4.01. The van der Waals surface area contributed by atoms with Gasteiger partial charge in [-0.3, -0.25) is 4.79 Å². The maximum Gasteiger partial charge on any atom is 0.226 e. The van der Waals surface area contributed by atoms with Gasteiger partial charge in [-0.2, -0.15) is 0 Å². The molecule has 0 spiro atoms. The number of benzene rings is 1. The molecule has 22 heavy (non-hydrogen) atoms. The van der Waals surface area contributed by atoms with Crippen LogP contribution in [0.25, 0.3) is 0 Å². The highest BCUT2D eigenvalue weighted by Crippen LogP contribution is 2.34. The maximum absolute atomic E-state index is 14.3. The molecule has 3 nitrogen and oxygen atoms in total. The van der Waals surface area contributed by atoms with Gasteiger partial charge in [0.05, 0.1) is 0 Å². The van der Waals surface area contributed by atoms with Crippen LogP contribution in [-0.4, -0.2) is 21.9 Å². The molecule has 0 saturated heterocycles. The highest BCUT2D eigenvalue weighted by atomic mass is 19.1. The minimum absolute atomic E-state index is 0.0456. The van der Waals surface area contributed by atoms with Gasteiger partial charge in [0.15, 0.2) is 0 Å². The number of hydrogen-bond acceptors (Lipinski definition) is 1. The van der Waals surface area contributed by atoms with Crippen LogP contribution in [0.1, 0.15) is 37.6 Å². The van der Waals surface area contributed by atoms with Crippen molar-refractivity contribution in [3.63, 3.8) is 0 Å². The van der Waals surface area contributed by atoms with Crippen molar-refractivity contribution in [2.45, 2.75) is 32.9 Å². The number of hydrogen-bond donors (Lipinski definition) is 0. The van der Waals surface area contributed by atoms with Crippen molar-refractivity contribution in [2.24, 2.45) is 5.92 Å². The first-order valence-electron chi connectivity index (χ1n) is 7.83. The van der Waals surface area contributed by atoms with E-state index in [0.29, 0.717) is 12.1 Å². The zero-order valence-corrected chi connectivity index (χ0v) is 13.0. The predicted octanol–water partition coefficient (Wildman–Crippen LogP) is 3.60. The Balaban J connectivity index is 2.07. The van der Waals surface area contributed by atoms with Gasteiger partial charge >= 0.3 is 0 Å². The monoisotopic (exact) mass is 300 g/mol. The largest absolute Gasteiger partial charge is 0.348 e. The standard InChI is InChI=1S/C18H21FN2O/c1-3-13(2)18(22)21-12-11-20-10-6-9-16(20)17(21)14-7-4-5-8-15(14)19/h4-10,13,17H,3,11-12H2,1-2H3/t13-,17+/m1/s1. The molecule has 3 rings (SSSR count). The summed E-state index contributed by atoms with van der Waals surface area (Å²) in [6.45, 7) is 5.32. The molecule has 2 atom stereocenters. The Morgan fingerprint density at radius 1 is 1.27 bits per heavy atom. The zero-order chi connectivity index (χ0) is 15.7. The molecule has 0 bridgehead atoms. The first kappa shape index (κ1) is 14.8. The van der Waals surface area contributed by atoms with Gasteiger partial charge in [-0.1, -0.05) is 32.0 Å². The smallest absolute Gasteiger partial charge is 0.226 e. The summed E-state index contributed by atoms with van der Waals surface area (Å²) in [6.07, 6.45) is 2.79. The Hall–Kier alpha value is -2.10. The summed E-state index contributed by atoms with van der Waals surface area (Å²) in [4.78, 5) is 14.6. The van der Waals surface area contributed by atoms with Crippen molar-refractivity contribution in [3.8, 4) is 0 Å². The van der Waals surface area contributed by atoms with E-state index >= 15 is 0 Å². The van der Waals surface area contributed by atoms with E-state index in [0.717, 1.165) is 18.7 Å². The van der Waals surface area contributed by atoms with Crippen molar-refractivity contribution >= 4 is 5.91 Å². The van der Waals surface area contributed by atoms with E-state index in [1.807, 2.05) is 43.1 Å². The van der Waals surface area contributed by atoms with Gasteiger partial charge < -0.3 is 9.47 Å². The number of amides is 1. The van der Waals surface area contributed by atoms with Crippen LogP contribution in [0, 0.1) is 11.7 Å². The van der Waals surface area contributed by atoms with Crippen LogP contribution >= 0.6 is 0 Å². The minimum atomic E-state index is -0.341. The van der Waals surface area contributed by atoms with Gasteiger partial charge in [0, 0.05) is 36.5 Å². The van der Waals surface area contributed by atoms with Gasteiger partial charge in [0.1, 0.15) is 11.9 Å². The SMILES string of the molecule is CC[C@@H](C)C(=O)N1CCn2cccc2[C@@H]1c1ccccc1F. The fourth-order valence-electron chi connectivity index (χ4n) is 3.10. The van der Waals surface area contributed by atoms with Crippen LogP contribution < -0.4 is 0 Å². The quantitative estimate of drug-likeness (QED) is 0.850. The molecule has 2 aromatic rings. The van der Waals surface area contributed by atoms with E-state index in [1.54, 1.807) is 12.1 Å². The third kappa shape index (κ3) is 2.43. The van der Waals surface area contributed by atoms with Gasteiger partial charge in [0.2, 0.25) is 5.91 Å². The van der Waals surface area contributed by atoms with Crippen molar-refractivity contribution in [3.05, 3.63) is 59.7 Å². The van der Waals surface area contributed by atoms with E-state index in [1.165, 1.54) is 6.07 Å². The Morgan fingerprint density at radius 2 is 2.05 bits per heavy atom. The number of carbonyl (C=O) groups is 1. The highest BCUT2D eigenvalue weighted by Gasteiger charge is 2.34. The number of rotatable bonds is 3. The average molecular weight is 300 g/mol. The highest BCUT2D eigenvalue weighted by molar-refractivity contribution is 5.79. The van der Waals surface area contributed by atoms with E-state index in [-0.39, 0.29) is 23.7 Å². The summed E-state index contributed by atoms with van der Waals surface area (Å²) in [7, 11) is 0. The second kappa shape index (κ2) is 5.95.